The van der Waals surface area contributed by atoms with E-state index in [1.165, 1.54) is 0 Å². The van der Waals surface area contributed by atoms with Crippen LogP contribution in [0.15, 0.2) is 33.7 Å². The summed E-state index contributed by atoms with van der Waals surface area (Å²) in [5.74, 6) is 0.812. The van der Waals surface area contributed by atoms with Gasteiger partial charge in [0.25, 0.3) is 6.02 Å². The molecule has 1 aromatic rings. The maximum atomic E-state index is 5.52. The molecule has 1 aliphatic heterocycles. The van der Waals surface area contributed by atoms with Crippen LogP contribution in [0, 0.1) is 0 Å². The van der Waals surface area contributed by atoms with Crippen LogP contribution in [0.25, 0.3) is 0 Å². The zero-order chi connectivity index (χ0) is 10.7. The van der Waals surface area contributed by atoms with Crippen LogP contribution in [-0.4, -0.2) is 25.3 Å². The number of halogens is 1. The highest BCUT2D eigenvalue weighted by Gasteiger charge is 2.17. The Bertz CT molecular complexity index is 364. The monoisotopic (exact) mass is 270 g/mol. The topological polar surface area (TPSA) is 56.8 Å². The van der Waals surface area contributed by atoms with Crippen LogP contribution in [0.2, 0.25) is 0 Å². The molecule has 1 aromatic carbocycles. The largest absolute Gasteiger partial charge is 0.490 e. The van der Waals surface area contributed by atoms with Gasteiger partial charge in [-0.15, -0.1) is 0 Å². The van der Waals surface area contributed by atoms with Crippen molar-refractivity contribution in [2.75, 3.05) is 13.2 Å². The fraction of sp³-hybridized carbons (Fsp3) is 0.300. The van der Waals surface area contributed by atoms with Crippen LogP contribution in [-0.2, 0) is 4.74 Å². The molecule has 0 unspecified atom stereocenters. The van der Waals surface area contributed by atoms with Crippen LogP contribution in [0.3, 0.4) is 0 Å². The summed E-state index contributed by atoms with van der Waals surface area (Å²) in [5.41, 5.74) is 5.38. The Hall–Kier alpha value is -1.23. The van der Waals surface area contributed by atoms with Crippen molar-refractivity contribution in [3.05, 3.63) is 28.7 Å². The molecule has 0 aromatic heterocycles. The molecule has 1 atom stereocenters. The Morgan fingerprint density at radius 1 is 1.47 bits per heavy atom. The van der Waals surface area contributed by atoms with Gasteiger partial charge in [-0.05, 0) is 24.3 Å². The van der Waals surface area contributed by atoms with Crippen LogP contribution in [0.4, 0.5) is 0 Å². The van der Waals surface area contributed by atoms with Crippen molar-refractivity contribution in [1.29, 1.82) is 0 Å². The summed E-state index contributed by atoms with van der Waals surface area (Å²) in [7, 11) is 0. The van der Waals surface area contributed by atoms with Crippen molar-refractivity contribution in [3.63, 3.8) is 0 Å². The molecule has 0 fully saturated rings. The third-order valence-corrected chi connectivity index (χ3v) is 2.52. The lowest BCUT2D eigenvalue weighted by molar-refractivity contribution is 0.141. The number of nitrogens with zero attached hydrogens (tertiary/aromatic N) is 1. The summed E-state index contributed by atoms with van der Waals surface area (Å²) in [4.78, 5) is 3.93. The van der Waals surface area contributed by atoms with E-state index in [0.717, 1.165) is 10.2 Å². The molecule has 1 aliphatic rings. The number of nitrogens with two attached hydrogens (primary N) is 1. The lowest BCUT2D eigenvalue weighted by atomic mass is 10.3. The summed E-state index contributed by atoms with van der Waals surface area (Å²) < 4.78 is 11.7. The van der Waals surface area contributed by atoms with Crippen LogP contribution < -0.4 is 10.5 Å². The highest BCUT2D eigenvalue weighted by atomic mass is 79.9. The molecule has 4 nitrogen and oxygen atoms in total. The van der Waals surface area contributed by atoms with E-state index in [1.54, 1.807) is 0 Å². The Morgan fingerprint density at radius 3 is 2.80 bits per heavy atom. The van der Waals surface area contributed by atoms with Gasteiger partial charge < -0.3 is 15.2 Å². The Morgan fingerprint density at radius 2 is 2.20 bits per heavy atom. The zero-order valence-electron chi connectivity index (χ0n) is 8.02. The third-order valence-electron chi connectivity index (χ3n) is 1.99. The van der Waals surface area contributed by atoms with Gasteiger partial charge in [0.2, 0.25) is 0 Å². The van der Waals surface area contributed by atoms with Gasteiger partial charge in [0.15, 0.2) is 6.10 Å². The van der Waals surface area contributed by atoms with E-state index in [9.17, 15) is 0 Å². The number of benzene rings is 1. The molecular formula is C10H11BrN2O2. The smallest absolute Gasteiger partial charge is 0.282 e. The second kappa shape index (κ2) is 4.53. The van der Waals surface area contributed by atoms with Crippen molar-refractivity contribution in [1.82, 2.24) is 0 Å². The van der Waals surface area contributed by atoms with Crippen molar-refractivity contribution in [3.8, 4) is 5.75 Å². The molecule has 15 heavy (non-hydrogen) atoms. The molecule has 0 amide bonds. The van der Waals surface area contributed by atoms with Gasteiger partial charge in [-0.25, -0.2) is 4.99 Å². The molecule has 1 heterocycles. The van der Waals surface area contributed by atoms with Gasteiger partial charge >= 0.3 is 0 Å². The number of rotatable bonds is 3. The van der Waals surface area contributed by atoms with E-state index in [0.29, 0.717) is 13.2 Å². The Labute approximate surface area is 96.2 Å². The van der Waals surface area contributed by atoms with Gasteiger partial charge in [0.05, 0.1) is 6.54 Å². The molecule has 0 radical (unpaired) electrons. The molecule has 2 rings (SSSR count). The minimum Gasteiger partial charge on any atom is -0.490 e. The van der Waals surface area contributed by atoms with E-state index in [1.807, 2.05) is 24.3 Å². The molecule has 0 aliphatic carbocycles. The maximum Gasteiger partial charge on any atom is 0.282 e. The zero-order valence-corrected chi connectivity index (χ0v) is 9.61. The predicted octanol–water partition coefficient (Wildman–Crippen LogP) is 1.54. The Balaban J connectivity index is 1.81. The predicted molar refractivity (Wildman–Crippen MR) is 61.0 cm³/mol. The van der Waals surface area contributed by atoms with Crippen molar-refractivity contribution < 1.29 is 9.47 Å². The normalized spacial score (nSPS) is 19.5. The highest BCUT2D eigenvalue weighted by Crippen LogP contribution is 2.16. The van der Waals surface area contributed by atoms with E-state index in [4.69, 9.17) is 15.2 Å². The highest BCUT2D eigenvalue weighted by molar-refractivity contribution is 9.10. The fourth-order valence-electron chi connectivity index (χ4n) is 1.24. The summed E-state index contributed by atoms with van der Waals surface area (Å²) in [6.45, 7) is 1.04. The molecule has 0 saturated carbocycles. The van der Waals surface area contributed by atoms with E-state index in [2.05, 4.69) is 20.9 Å². The van der Waals surface area contributed by atoms with Crippen LogP contribution >= 0.6 is 15.9 Å². The standard InChI is InChI=1S/C10H11BrN2O2/c11-7-1-3-8(4-2-7)14-6-9-5-13-10(12)15-9/h1-4,9H,5-6H2,(H2,12,13)/t9-/m0/s1. The number of hydrogen-bond acceptors (Lipinski definition) is 4. The van der Waals surface area contributed by atoms with Gasteiger partial charge in [0.1, 0.15) is 12.4 Å². The molecule has 0 spiro atoms. The van der Waals surface area contributed by atoms with Crippen molar-refractivity contribution >= 4 is 22.0 Å². The molecule has 5 heteroatoms. The van der Waals surface area contributed by atoms with Gasteiger partial charge in [-0.1, -0.05) is 15.9 Å². The SMILES string of the molecule is NC1=NC[C@@H](COc2ccc(Br)cc2)O1. The summed E-state index contributed by atoms with van der Waals surface area (Å²) >= 11 is 3.36. The average Bonchev–Trinajstić information content (AvgIpc) is 2.64. The number of ether oxygens (including phenoxy) is 2. The molecular weight excluding hydrogens is 260 g/mol. The van der Waals surface area contributed by atoms with Crippen molar-refractivity contribution in [2.24, 2.45) is 10.7 Å². The number of amidine groups is 1. The van der Waals surface area contributed by atoms with Crippen LogP contribution in [0.5, 0.6) is 5.75 Å². The molecule has 0 bridgehead atoms. The summed E-state index contributed by atoms with van der Waals surface area (Å²) in [5, 5.41) is 0. The van der Waals surface area contributed by atoms with Crippen molar-refractivity contribution in [2.45, 2.75) is 6.10 Å². The van der Waals surface area contributed by atoms with E-state index in [-0.39, 0.29) is 12.1 Å². The maximum absolute atomic E-state index is 5.52. The summed E-state index contributed by atoms with van der Waals surface area (Å²) in [6, 6.07) is 7.89. The van der Waals surface area contributed by atoms with E-state index < -0.39 is 0 Å². The number of hydrogen-bond donors (Lipinski definition) is 1. The van der Waals surface area contributed by atoms with Gasteiger partial charge in [-0.2, -0.15) is 0 Å². The third kappa shape index (κ3) is 2.86. The van der Waals surface area contributed by atoms with Crippen LogP contribution in [0.1, 0.15) is 0 Å². The Kier molecular flexibility index (Phi) is 3.11. The quantitative estimate of drug-likeness (QED) is 0.907. The second-order valence-corrected chi connectivity index (χ2v) is 4.10. The second-order valence-electron chi connectivity index (χ2n) is 3.18. The fourth-order valence-corrected chi connectivity index (χ4v) is 1.51. The minimum atomic E-state index is -0.0614. The first-order valence-corrected chi connectivity index (χ1v) is 5.38. The molecule has 0 saturated heterocycles. The summed E-state index contributed by atoms with van der Waals surface area (Å²) in [6.07, 6.45) is -0.0614. The minimum absolute atomic E-state index is 0.0614. The molecule has 80 valence electrons. The first-order valence-electron chi connectivity index (χ1n) is 4.59. The lowest BCUT2D eigenvalue weighted by Gasteiger charge is -2.11. The first-order chi connectivity index (χ1) is 7.24. The van der Waals surface area contributed by atoms with E-state index >= 15 is 0 Å². The van der Waals surface area contributed by atoms with Gasteiger partial charge in [-0.3, -0.25) is 0 Å². The lowest BCUT2D eigenvalue weighted by Crippen LogP contribution is -2.24. The molecule has 2 N–H and O–H groups in total. The average molecular weight is 271 g/mol. The first kappa shape index (κ1) is 10.3. The van der Waals surface area contributed by atoms with Gasteiger partial charge in [0, 0.05) is 4.47 Å². The number of aliphatic imine (C=N–C) groups is 1.